The summed E-state index contributed by atoms with van der Waals surface area (Å²) < 4.78 is 11.3. The van der Waals surface area contributed by atoms with Crippen molar-refractivity contribution in [1.29, 1.82) is 0 Å². The molecule has 0 spiro atoms. The van der Waals surface area contributed by atoms with Crippen LogP contribution in [0.1, 0.15) is 44.7 Å². The molecule has 0 fully saturated rings. The number of aryl methyl sites for hydroxylation is 1. The van der Waals surface area contributed by atoms with Crippen LogP contribution in [0.15, 0.2) is 60.7 Å². The van der Waals surface area contributed by atoms with E-state index in [2.05, 4.69) is 6.07 Å². The van der Waals surface area contributed by atoms with Crippen LogP contribution in [0.5, 0.6) is 11.5 Å². The van der Waals surface area contributed by atoms with Gasteiger partial charge in [0.1, 0.15) is 18.1 Å². The lowest BCUT2D eigenvalue weighted by molar-refractivity contribution is 0.0734. The molecule has 0 aromatic heterocycles. The van der Waals surface area contributed by atoms with Crippen LogP contribution in [0.4, 0.5) is 0 Å². The molecule has 3 aromatic rings. The van der Waals surface area contributed by atoms with Crippen molar-refractivity contribution in [2.45, 2.75) is 25.9 Å². The van der Waals surface area contributed by atoms with Crippen LogP contribution in [-0.4, -0.2) is 11.8 Å². The molecule has 1 heterocycles. The molecule has 0 atom stereocenters. The van der Waals surface area contributed by atoms with E-state index >= 15 is 0 Å². The number of Topliss-reactive ketones (excluding diaryl/α,β-unsaturated/α-hetero) is 1. The summed E-state index contributed by atoms with van der Waals surface area (Å²) in [5, 5.41) is 0. The fourth-order valence-corrected chi connectivity index (χ4v) is 3.91. The molecule has 0 bridgehead atoms. The van der Waals surface area contributed by atoms with E-state index in [9.17, 15) is 9.59 Å². The van der Waals surface area contributed by atoms with E-state index in [4.69, 9.17) is 9.47 Å². The van der Waals surface area contributed by atoms with Gasteiger partial charge in [-0.15, -0.1) is 0 Å². The fourth-order valence-electron chi connectivity index (χ4n) is 3.91. The number of ether oxygens (including phenoxy) is 2. The highest BCUT2D eigenvalue weighted by molar-refractivity contribution is 6.00. The fraction of sp³-hybridized carbons (Fsp3) is 0.167. The number of esters is 1. The minimum absolute atomic E-state index is 0.192. The molecule has 4 heteroatoms. The first kappa shape index (κ1) is 16.8. The van der Waals surface area contributed by atoms with Crippen molar-refractivity contribution in [3.8, 4) is 22.6 Å². The monoisotopic (exact) mass is 370 g/mol. The highest BCUT2D eigenvalue weighted by Gasteiger charge is 2.25. The number of hydrogen-bond acceptors (Lipinski definition) is 4. The van der Waals surface area contributed by atoms with E-state index in [0.29, 0.717) is 24.3 Å². The van der Waals surface area contributed by atoms with Crippen molar-refractivity contribution in [1.82, 2.24) is 0 Å². The van der Waals surface area contributed by atoms with Gasteiger partial charge in [0.25, 0.3) is 0 Å². The quantitative estimate of drug-likeness (QED) is 0.471. The number of hydrogen-bond donors (Lipinski definition) is 0. The van der Waals surface area contributed by atoms with Crippen molar-refractivity contribution in [3.05, 3.63) is 82.9 Å². The highest BCUT2D eigenvalue weighted by Crippen LogP contribution is 2.41. The molecule has 1 aliphatic heterocycles. The molecule has 1 aliphatic carbocycles. The summed E-state index contributed by atoms with van der Waals surface area (Å²) in [6.07, 6.45) is 2.41. The van der Waals surface area contributed by atoms with Gasteiger partial charge in [0.05, 0.1) is 5.56 Å². The van der Waals surface area contributed by atoms with Crippen molar-refractivity contribution in [2.24, 2.45) is 0 Å². The minimum Gasteiger partial charge on any atom is -0.488 e. The molecule has 3 aromatic carbocycles. The number of fused-ring (bicyclic) bond motifs is 4. The molecule has 5 rings (SSSR count). The molecule has 0 unspecified atom stereocenters. The van der Waals surface area contributed by atoms with Gasteiger partial charge in [-0.25, -0.2) is 4.79 Å². The van der Waals surface area contributed by atoms with Gasteiger partial charge >= 0.3 is 5.97 Å². The zero-order chi connectivity index (χ0) is 19.1. The first-order chi connectivity index (χ1) is 13.7. The van der Waals surface area contributed by atoms with Crippen LogP contribution < -0.4 is 9.47 Å². The van der Waals surface area contributed by atoms with Gasteiger partial charge in [-0.3, -0.25) is 4.79 Å². The molecule has 0 radical (unpaired) electrons. The first-order valence-corrected chi connectivity index (χ1v) is 9.42. The Morgan fingerprint density at radius 2 is 1.71 bits per heavy atom. The molecule has 4 nitrogen and oxygen atoms in total. The maximum Gasteiger partial charge on any atom is 0.343 e. The number of rotatable bonds is 2. The predicted octanol–water partition coefficient (Wildman–Crippen LogP) is 4.98. The predicted molar refractivity (Wildman–Crippen MR) is 105 cm³/mol. The molecule has 28 heavy (non-hydrogen) atoms. The summed E-state index contributed by atoms with van der Waals surface area (Å²) in [6, 6.07) is 18.5. The highest BCUT2D eigenvalue weighted by atomic mass is 16.5. The molecule has 0 N–H and O–H groups in total. The van der Waals surface area contributed by atoms with Gasteiger partial charge in [-0.1, -0.05) is 24.3 Å². The van der Waals surface area contributed by atoms with Crippen molar-refractivity contribution >= 4 is 11.8 Å². The van der Waals surface area contributed by atoms with E-state index in [1.165, 1.54) is 0 Å². The standard InChI is InChI=1S/C24H18O4/c25-22-8-4-5-15-12-21-19-10-9-16(24(26)28-18-6-2-1-3-7-18)11-17(19)14-27-23(21)13-20(15)22/h1-3,6-7,9-13H,4-5,8,14H2. The summed E-state index contributed by atoms with van der Waals surface area (Å²) in [6.45, 7) is 0.363. The second-order valence-electron chi connectivity index (χ2n) is 7.15. The zero-order valence-corrected chi connectivity index (χ0v) is 15.2. The van der Waals surface area contributed by atoms with Gasteiger partial charge in [-0.05, 0) is 65.9 Å². The van der Waals surface area contributed by atoms with E-state index < -0.39 is 5.97 Å². The van der Waals surface area contributed by atoms with Crippen LogP contribution in [0.25, 0.3) is 11.1 Å². The van der Waals surface area contributed by atoms with E-state index in [-0.39, 0.29) is 5.78 Å². The first-order valence-electron chi connectivity index (χ1n) is 9.42. The number of para-hydroxylation sites is 1. The van der Waals surface area contributed by atoms with E-state index in [1.54, 1.807) is 18.2 Å². The Morgan fingerprint density at radius 1 is 0.857 bits per heavy atom. The van der Waals surface area contributed by atoms with Gasteiger partial charge in [0.15, 0.2) is 5.78 Å². The third kappa shape index (κ3) is 2.87. The zero-order valence-electron chi connectivity index (χ0n) is 15.2. The van der Waals surface area contributed by atoms with Gasteiger partial charge in [-0.2, -0.15) is 0 Å². The molecule has 138 valence electrons. The Hall–Kier alpha value is -3.40. The Balaban J connectivity index is 1.49. The van der Waals surface area contributed by atoms with E-state index in [1.807, 2.05) is 36.4 Å². The summed E-state index contributed by atoms with van der Waals surface area (Å²) in [5.74, 6) is 1.05. The van der Waals surface area contributed by atoms with Crippen LogP contribution >= 0.6 is 0 Å². The number of carbonyl (C=O) groups is 2. The number of benzene rings is 3. The van der Waals surface area contributed by atoms with Crippen LogP contribution in [0.3, 0.4) is 0 Å². The summed E-state index contributed by atoms with van der Waals surface area (Å²) in [5.41, 5.74) is 5.33. The average Bonchev–Trinajstić information content (AvgIpc) is 2.73. The lowest BCUT2D eigenvalue weighted by atomic mass is 9.86. The van der Waals surface area contributed by atoms with Crippen LogP contribution in [0, 0.1) is 0 Å². The maximum atomic E-state index is 12.5. The maximum absolute atomic E-state index is 12.5. The van der Waals surface area contributed by atoms with E-state index in [0.717, 1.165) is 46.4 Å². The molecule has 0 saturated carbocycles. The molecular formula is C24H18O4. The average molecular weight is 370 g/mol. The van der Waals surface area contributed by atoms with Crippen molar-refractivity contribution in [2.75, 3.05) is 0 Å². The van der Waals surface area contributed by atoms with Crippen molar-refractivity contribution in [3.63, 3.8) is 0 Å². The molecule has 0 saturated heterocycles. The molecular weight excluding hydrogens is 352 g/mol. The van der Waals surface area contributed by atoms with Gasteiger partial charge in [0.2, 0.25) is 0 Å². The Bertz CT molecular complexity index is 1100. The normalized spacial score (nSPS) is 14.4. The summed E-state index contributed by atoms with van der Waals surface area (Å²) in [4.78, 5) is 24.7. The smallest absolute Gasteiger partial charge is 0.343 e. The van der Waals surface area contributed by atoms with Gasteiger partial charge in [0, 0.05) is 17.5 Å². The lowest BCUT2D eigenvalue weighted by Crippen LogP contribution is -2.14. The van der Waals surface area contributed by atoms with Crippen LogP contribution in [0.2, 0.25) is 0 Å². The Kier molecular flexibility index (Phi) is 3.97. The van der Waals surface area contributed by atoms with Crippen molar-refractivity contribution < 1.29 is 19.1 Å². The SMILES string of the molecule is O=C(Oc1ccccc1)c1ccc2c(c1)COc1cc3c(cc1-2)CCCC3=O. The van der Waals surface area contributed by atoms with Gasteiger partial charge < -0.3 is 9.47 Å². The minimum atomic E-state index is -0.393. The number of carbonyl (C=O) groups excluding carboxylic acids is 2. The number of ketones is 1. The summed E-state index contributed by atoms with van der Waals surface area (Å²) in [7, 11) is 0. The largest absolute Gasteiger partial charge is 0.488 e. The van der Waals surface area contributed by atoms with Crippen LogP contribution in [-0.2, 0) is 13.0 Å². The third-order valence-electron chi connectivity index (χ3n) is 5.32. The molecule has 2 aliphatic rings. The Labute approximate surface area is 162 Å². The lowest BCUT2D eigenvalue weighted by Gasteiger charge is -2.24. The second-order valence-corrected chi connectivity index (χ2v) is 7.15. The second kappa shape index (κ2) is 6.64. The topological polar surface area (TPSA) is 52.6 Å². The third-order valence-corrected chi connectivity index (χ3v) is 5.32. The molecule has 0 amide bonds. The Morgan fingerprint density at radius 3 is 2.57 bits per heavy atom. The summed E-state index contributed by atoms with van der Waals surface area (Å²) >= 11 is 0.